The van der Waals surface area contributed by atoms with Crippen LogP contribution >= 0.6 is 11.6 Å². The molecule has 2 rings (SSSR count). The largest absolute Gasteiger partial charge is 0.382 e. The van der Waals surface area contributed by atoms with Crippen molar-refractivity contribution in [1.82, 2.24) is 15.0 Å². The molecule has 0 fully saturated rings. The lowest BCUT2D eigenvalue weighted by Crippen LogP contribution is -2.03. The predicted molar refractivity (Wildman–Crippen MR) is 55.3 cm³/mol. The maximum atomic E-state index is 9.95. The van der Waals surface area contributed by atoms with Gasteiger partial charge in [0.05, 0.1) is 10.7 Å². The highest BCUT2D eigenvalue weighted by molar-refractivity contribution is 6.31. The van der Waals surface area contributed by atoms with Crippen molar-refractivity contribution >= 4 is 11.6 Å². The van der Waals surface area contributed by atoms with Crippen LogP contribution in [-0.2, 0) is 0 Å². The maximum Gasteiger partial charge on any atom is 0.125 e. The second-order valence-corrected chi connectivity index (χ2v) is 3.35. The van der Waals surface area contributed by atoms with Gasteiger partial charge < -0.3 is 5.11 Å². The van der Waals surface area contributed by atoms with Crippen LogP contribution in [0.5, 0.6) is 0 Å². The average molecular weight is 222 g/mol. The quantitative estimate of drug-likeness (QED) is 0.837. The molecule has 0 aromatic carbocycles. The molecule has 0 amide bonds. The summed E-state index contributed by atoms with van der Waals surface area (Å²) in [4.78, 5) is 11.7. The molecule has 0 spiro atoms. The van der Waals surface area contributed by atoms with Crippen LogP contribution in [0.2, 0.25) is 5.02 Å². The van der Waals surface area contributed by atoms with E-state index in [2.05, 4.69) is 15.0 Å². The van der Waals surface area contributed by atoms with Gasteiger partial charge in [-0.25, -0.2) is 9.97 Å². The number of hydrogen-bond acceptors (Lipinski definition) is 4. The van der Waals surface area contributed by atoms with Crippen molar-refractivity contribution in [2.75, 3.05) is 0 Å². The molecule has 0 aliphatic rings. The summed E-state index contributed by atoms with van der Waals surface area (Å²) in [6, 6.07) is 3.39. The van der Waals surface area contributed by atoms with Crippen molar-refractivity contribution in [3.8, 4) is 0 Å². The van der Waals surface area contributed by atoms with E-state index < -0.39 is 6.10 Å². The topological polar surface area (TPSA) is 58.9 Å². The van der Waals surface area contributed by atoms with Crippen molar-refractivity contribution < 1.29 is 5.11 Å². The van der Waals surface area contributed by atoms with E-state index >= 15 is 0 Å². The molecule has 0 saturated heterocycles. The van der Waals surface area contributed by atoms with E-state index in [1.165, 1.54) is 18.7 Å². The zero-order chi connectivity index (χ0) is 10.7. The highest BCUT2D eigenvalue weighted by Crippen LogP contribution is 2.24. The van der Waals surface area contributed by atoms with E-state index in [-0.39, 0.29) is 0 Å². The fraction of sp³-hybridized carbons (Fsp3) is 0.100. The molecule has 0 radical (unpaired) electrons. The number of hydrogen-bond donors (Lipinski definition) is 1. The van der Waals surface area contributed by atoms with E-state index in [1.54, 1.807) is 18.3 Å². The molecular formula is C10H8ClN3O. The Labute approximate surface area is 91.6 Å². The molecule has 2 aromatic rings. The molecule has 0 saturated carbocycles. The van der Waals surface area contributed by atoms with Gasteiger partial charge in [-0.2, -0.15) is 0 Å². The standard InChI is InChI=1S/C10H8ClN3O/c11-8-2-1-3-14-9(8)10(15)7-4-12-6-13-5-7/h1-6,10,15H. The van der Waals surface area contributed by atoms with Gasteiger partial charge in [-0.05, 0) is 12.1 Å². The summed E-state index contributed by atoms with van der Waals surface area (Å²) in [5.74, 6) is 0. The van der Waals surface area contributed by atoms with E-state index in [0.717, 1.165) is 0 Å². The van der Waals surface area contributed by atoms with E-state index in [0.29, 0.717) is 16.3 Å². The average Bonchev–Trinajstić information content (AvgIpc) is 2.30. The minimum absolute atomic E-state index is 0.411. The first-order valence-corrected chi connectivity index (χ1v) is 4.70. The fourth-order valence-electron chi connectivity index (χ4n) is 1.21. The molecule has 76 valence electrons. The Kier molecular flexibility index (Phi) is 2.89. The summed E-state index contributed by atoms with van der Waals surface area (Å²) in [6.45, 7) is 0. The Morgan fingerprint density at radius 2 is 2.00 bits per heavy atom. The molecule has 1 unspecified atom stereocenters. The van der Waals surface area contributed by atoms with Crippen LogP contribution in [0.25, 0.3) is 0 Å². The number of nitrogens with zero attached hydrogens (tertiary/aromatic N) is 3. The van der Waals surface area contributed by atoms with Gasteiger partial charge in [0, 0.05) is 24.2 Å². The highest BCUT2D eigenvalue weighted by Gasteiger charge is 2.15. The predicted octanol–water partition coefficient (Wildman–Crippen LogP) is 1.61. The van der Waals surface area contributed by atoms with Crippen LogP contribution in [-0.4, -0.2) is 20.1 Å². The van der Waals surface area contributed by atoms with E-state index in [1.807, 2.05) is 0 Å². The van der Waals surface area contributed by atoms with Gasteiger partial charge in [0.1, 0.15) is 12.4 Å². The monoisotopic (exact) mass is 221 g/mol. The second-order valence-electron chi connectivity index (χ2n) is 2.94. The van der Waals surface area contributed by atoms with Crippen LogP contribution in [0.3, 0.4) is 0 Å². The molecule has 4 nitrogen and oxygen atoms in total. The lowest BCUT2D eigenvalue weighted by molar-refractivity contribution is 0.214. The lowest BCUT2D eigenvalue weighted by atomic mass is 10.1. The first-order valence-electron chi connectivity index (χ1n) is 4.32. The minimum Gasteiger partial charge on any atom is -0.382 e. The van der Waals surface area contributed by atoms with Gasteiger partial charge in [-0.15, -0.1) is 0 Å². The Balaban J connectivity index is 2.37. The molecular weight excluding hydrogens is 214 g/mol. The maximum absolute atomic E-state index is 9.95. The minimum atomic E-state index is -0.889. The Morgan fingerprint density at radius 1 is 1.27 bits per heavy atom. The van der Waals surface area contributed by atoms with E-state index in [4.69, 9.17) is 11.6 Å². The summed E-state index contributed by atoms with van der Waals surface area (Å²) in [5.41, 5.74) is 0.979. The van der Waals surface area contributed by atoms with Gasteiger partial charge in [-0.3, -0.25) is 4.98 Å². The van der Waals surface area contributed by atoms with Gasteiger partial charge >= 0.3 is 0 Å². The van der Waals surface area contributed by atoms with Crippen LogP contribution in [0.15, 0.2) is 37.1 Å². The van der Waals surface area contributed by atoms with E-state index in [9.17, 15) is 5.11 Å². The number of pyridine rings is 1. The van der Waals surface area contributed by atoms with Crippen molar-refractivity contribution in [2.45, 2.75) is 6.10 Å². The fourth-order valence-corrected chi connectivity index (χ4v) is 1.43. The molecule has 0 aliphatic heterocycles. The molecule has 2 heterocycles. The molecule has 2 aromatic heterocycles. The number of aliphatic hydroxyl groups excluding tert-OH is 1. The third-order valence-corrected chi connectivity index (χ3v) is 2.26. The summed E-state index contributed by atoms with van der Waals surface area (Å²) in [7, 11) is 0. The lowest BCUT2D eigenvalue weighted by Gasteiger charge is -2.10. The second kappa shape index (κ2) is 4.33. The van der Waals surface area contributed by atoms with Crippen LogP contribution < -0.4 is 0 Å². The summed E-state index contributed by atoms with van der Waals surface area (Å²) >= 11 is 5.91. The molecule has 0 bridgehead atoms. The number of halogens is 1. The third-order valence-electron chi connectivity index (χ3n) is 1.94. The van der Waals surface area contributed by atoms with Crippen molar-refractivity contribution in [3.05, 3.63) is 53.3 Å². The zero-order valence-electron chi connectivity index (χ0n) is 7.71. The van der Waals surface area contributed by atoms with Gasteiger partial charge in [-0.1, -0.05) is 11.6 Å². The summed E-state index contributed by atoms with van der Waals surface area (Å²) in [6.07, 6.45) is 5.15. The Bertz CT molecular complexity index is 449. The number of aromatic nitrogens is 3. The Morgan fingerprint density at radius 3 is 2.67 bits per heavy atom. The normalized spacial score (nSPS) is 12.4. The highest BCUT2D eigenvalue weighted by atomic mass is 35.5. The van der Waals surface area contributed by atoms with Gasteiger partial charge in [0.25, 0.3) is 0 Å². The first-order chi connectivity index (χ1) is 7.29. The van der Waals surface area contributed by atoms with Gasteiger partial charge in [0.15, 0.2) is 0 Å². The summed E-state index contributed by atoms with van der Waals surface area (Å²) < 4.78 is 0. The van der Waals surface area contributed by atoms with Crippen molar-refractivity contribution in [1.29, 1.82) is 0 Å². The third kappa shape index (κ3) is 2.11. The molecule has 0 aliphatic carbocycles. The van der Waals surface area contributed by atoms with Crippen LogP contribution in [0.4, 0.5) is 0 Å². The van der Waals surface area contributed by atoms with Crippen molar-refractivity contribution in [2.24, 2.45) is 0 Å². The van der Waals surface area contributed by atoms with Crippen LogP contribution in [0, 0.1) is 0 Å². The summed E-state index contributed by atoms with van der Waals surface area (Å²) in [5, 5.41) is 10.4. The zero-order valence-corrected chi connectivity index (χ0v) is 8.46. The SMILES string of the molecule is OC(c1cncnc1)c1ncccc1Cl. The van der Waals surface area contributed by atoms with Crippen molar-refractivity contribution in [3.63, 3.8) is 0 Å². The number of aliphatic hydroxyl groups is 1. The molecule has 5 heteroatoms. The van der Waals surface area contributed by atoms with Crippen LogP contribution in [0.1, 0.15) is 17.4 Å². The molecule has 1 N–H and O–H groups in total. The molecule has 1 atom stereocenters. The Hall–Kier alpha value is -1.52. The smallest absolute Gasteiger partial charge is 0.125 e. The number of rotatable bonds is 2. The molecule has 15 heavy (non-hydrogen) atoms. The van der Waals surface area contributed by atoms with Gasteiger partial charge in [0.2, 0.25) is 0 Å². The first kappa shape index (κ1) is 10.0.